The van der Waals surface area contributed by atoms with Gasteiger partial charge in [0.15, 0.2) is 0 Å². The Morgan fingerprint density at radius 1 is 0.918 bits per heavy atom. The number of benzene rings is 3. The number of nitrogens with one attached hydrogen (secondary N) is 6. The molecule has 6 N–H and O–H groups in total. The predicted molar refractivity (Wildman–Crippen MR) is 232 cm³/mol. The Labute approximate surface area is 355 Å². The minimum Gasteiger partial charge on any atom is -0.385 e. The van der Waals surface area contributed by atoms with Crippen LogP contribution in [-0.4, -0.2) is 93.1 Å². The number of ether oxygens (including phenoxy) is 2. The standard InChI is InChI=1S/C47H51N7O7/c1-2-49-41(55)20-15-31-14-18-36-39(28-31)52-46(58)43(36)44(33-8-4-3-5-9-33)51-34-16-12-32(13-17-34)29-48-23-25-61-27-26-60-24-7-22-50-38-11-6-10-35-37(38)30-54(47(35)59)40-19-21-42(56)53-45(40)57/h3-6,8-12,14,16-18,28,32,40,48,50-51H,2,7,13,19,21-27,29-30H2,1H3,(H,49,55)(H,52,58)(H,53,56,57)/b44-43-. The molecule has 5 amide bonds. The highest BCUT2D eigenvalue weighted by Gasteiger charge is 2.40. The summed E-state index contributed by atoms with van der Waals surface area (Å²) in [5, 5.41) is 18.4. The summed E-state index contributed by atoms with van der Waals surface area (Å²) < 4.78 is 11.5. The van der Waals surface area contributed by atoms with Crippen molar-refractivity contribution < 1.29 is 33.4 Å². The van der Waals surface area contributed by atoms with Crippen LogP contribution < -0.4 is 31.9 Å². The van der Waals surface area contributed by atoms with Gasteiger partial charge >= 0.3 is 0 Å². The number of piperidine rings is 1. The molecule has 0 radical (unpaired) electrons. The van der Waals surface area contributed by atoms with Gasteiger partial charge in [-0.05, 0) is 68.0 Å². The summed E-state index contributed by atoms with van der Waals surface area (Å²) in [4.78, 5) is 63.8. The zero-order valence-corrected chi connectivity index (χ0v) is 34.2. The second-order valence-corrected chi connectivity index (χ2v) is 15.0. The second kappa shape index (κ2) is 20.6. The topological polar surface area (TPSA) is 179 Å². The summed E-state index contributed by atoms with van der Waals surface area (Å²) >= 11 is 0. The molecule has 7 rings (SSSR count). The van der Waals surface area contributed by atoms with Crippen molar-refractivity contribution in [3.63, 3.8) is 0 Å². The zero-order valence-electron chi connectivity index (χ0n) is 34.2. The van der Waals surface area contributed by atoms with Crippen LogP contribution in [0.25, 0.3) is 11.3 Å². The van der Waals surface area contributed by atoms with E-state index in [-0.39, 0.29) is 30.0 Å². The van der Waals surface area contributed by atoms with E-state index in [1.54, 1.807) is 17.0 Å². The number of imide groups is 1. The molecule has 4 aliphatic rings. The smallest absolute Gasteiger partial charge is 0.296 e. The van der Waals surface area contributed by atoms with E-state index >= 15 is 0 Å². The summed E-state index contributed by atoms with van der Waals surface area (Å²) in [6, 6.07) is 20.2. The van der Waals surface area contributed by atoms with Crippen LogP contribution in [0.4, 0.5) is 11.4 Å². The van der Waals surface area contributed by atoms with Crippen LogP contribution in [0.5, 0.6) is 0 Å². The lowest BCUT2D eigenvalue weighted by atomic mass is 9.97. The van der Waals surface area contributed by atoms with Gasteiger partial charge in [0.2, 0.25) is 11.8 Å². The number of carbonyl (C=O) groups excluding carboxylic acids is 5. The van der Waals surface area contributed by atoms with Crippen molar-refractivity contribution in [2.24, 2.45) is 5.92 Å². The molecule has 0 aromatic heterocycles. The Morgan fingerprint density at radius 2 is 1.75 bits per heavy atom. The van der Waals surface area contributed by atoms with Gasteiger partial charge in [-0.1, -0.05) is 60.5 Å². The highest BCUT2D eigenvalue weighted by molar-refractivity contribution is 6.36. The van der Waals surface area contributed by atoms with Gasteiger partial charge in [-0.15, -0.1) is 0 Å². The molecular formula is C47H51N7O7. The van der Waals surface area contributed by atoms with Crippen LogP contribution in [0, 0.1) is 17.8 Å². The minimum atomic E-state index is -0.637. The van der Waals surface area contributed by atoms with Gasteiger partial charge < -0.3 is 41.0 Å². The SMILES string of the molecule is CCNC(=O)C#Cc1ccc2c(c1)NC(=O)/C2=C(\NC1=CCC(CNCCOCCOCCCNc2cccc3c2CN(C2CCC(=O)NC2=O)C3=O)C=C1)c1ccccc1. The van der Waals surface area contributed by atoms with Gasteiger partial charge in [-0.2, -0.15) is 0 Å². The van der Waals surface area contributed by atoms with Crippen molar-refractivity contribution in [3.05, 3.63) is 118 Å². The largest absolute Gasteiger partial charge is 0.385 e. The molecule has 2 atom stereocenters. The molecule has 3 aromatic carbocycles. The quantitative estimate of drug-likeness (QED) is 0.0477. The molecule has 61 heavy (non-hydrogen) atoms. The molecular weight excluding hydrogens is 775 g/mol. The minimum absolute atomic E-state index is 0.186. The number of nitrogens with zero attached hydrogens (tertiary/aromatic N) is 1. The fourth-order valence-electron chi connectivity index (χ4n) is 7.67. The third-order valence-electron chi connectivity index (χ3n) is 10.8. The van der Waals surface area contributed by atoms with E-state index < -0.39 is 11.9 Å². The van der Waals surface area contributed by atoms with E-state index in [1.807, 2.05) is 61.5 Å². The molecule has 14 heteroatoms. The molecule has 3 aliphatic heterocycles. The van der Waals surface area contributed by atoms with Crippen LogP contribution in [0.15, 0.2) is 90.7 Å². The van der Waals surface area contributed by atoms with E-state index in [1.165, 1.54) is 0 Å². The van der Waals surface area contributed by atoms with E-state index in [0.29, 0.717) is 93.0 Å². The Morgan fingerprint density at radius 3 is 2.54 bits per heavy atom. The third kappa shape index (κ3) is 10.8. The zero-order chi connectivity index (χ0) is 42.6. The normalized spacial score (nSPS) is 18.6. The molecule has 1 aliphatic carbocycles. The first-order valence-corrected chi connectivity index (χ1v) is 20.9. The monoisotopic (exact) mass is 825 g/mol. The average molecular weight is 826 g/mol. The first kappa shape index (κ1) is 42.6. The highest BCUT2D eigenvalue weighted by atomic mass is 16.5. The number of hydrogen-bond donors (Lipinski definition) is 6. The summed E-state index contributed by atoms with van der Waals surface area (Å²) in [6.07, 6.45) is 8.54. The second-order valence-electron chi connectivity index (χ2n) is 15.0. The number of hydrogen-bond acceptors (Lipinski definition) is 10. The van der Waals surface area contributed by atoms with Crippen LogP contribution >= 0.6 is 0 Å². The van der Waals surface area contributed by atoms with Gasteiger partial charge in [0.25, 0.3) is 17.7 Å². The van der Waals surface area contributed by atoms with Gasteiger partial charge in [0.1, 0.15) is 6.04 Å². The van der Waals surface area contributed by atoms with Crippen molar-refractivity contribution >= 4 is 52.2 Å². The van der Waals surface area contributed by atoms with Crippen LogP contribution in [0.1, 0.15) is 65.2 Å². The molecule has 0 bridgehead atoms. The van der Waals surface area contributed by atoms with Gasteiger partial charge in [-0.25, -0.2) is 0 Å². The van der Waals surface area contributed by atoms with Crippen LogP contribution in [-0.2, 0) is 35.2 Å². The van der Waals surface area contributed by atoms with Gasteiger partial charge in [0.05, 0.1) is 36.8 Å². The average Bonchev–Trinajstić information content (AvgIpc) is 3.78. The summed E-state index contributed by atoms with van der Waals surface area (Å²) in [5.74, 6) is 4.30. The highest BCUT2D eigenvalue weighted by Crippen LogP contribution is 2.37. The fourth-order valence-corrected chi connectivity index (χ4v) is 7.67. The molecule has 0 spiro atoms. The first-order chi connectivity index (χ1) is 29.8. The van der Waals surface area contributed by atoms with E-state index in [9.17, 15) is 24.0 Å². The lowest BCUT2D eigenvalue weighted by Crippen LogP contribution is -2.52. The van der Waals surface area contributed by atoms with E-state index in [0.717, 1.165) is 47.5 Å². The molecule has 14 nitrogen and oxygen atoms in total. The molecule has 3 heterocycles. The van der Waals surface area contributed by atoms with E-state index in [2.05, 4.69) is 62.0 Å². The van der Waals surface area contributed by atoms with Crippen molar-refractivity contribution in [2.75, 3.05) is 63.2 Å². The fraction of sp³-hybridized carbons (Fsp3) is 0.340. The van der Waals surface area contributed by atoms with Crippen LogP contribution in [0.2, 0.25) is 0 Å². The number of anilines is 2. The Balaban J connectivity index is 0.789. The third-order valence-corrected chi connectivity index (χ3v) is 10.8. The number of allylic oxidation sites excluding steroid dienone is 2. The first-order valence-electron chi connectivity index (χ1n) is 20.9. The molecule has 1 saturated heterocycles. The number of fused-ring (bicyclic) bond motifs is 2. The van der Waals surface area contributed by atoms with Crippen molar-refractivity contribution in [1.29, 1.82) is 0 Å². The van der Waals surface area contributed by atoms with Crippen LogP contribution in [0.3, 0.4) is 0 Å². The Bertz CT molecular complexity index is 2310. The van der Waals surface area contributed by atoms with Crippen molar-refractivity contribution in [2.45, 2.75) is 45.2 Å². The maximum atomic E-state index is 13.4. The predicted octanol–water partition coefficient (Wildman–Crippen LogP) is 3.93. The number of carbonyl (C=O) groups is 5. The Kier molecular flexibility index (Phi) is 14.4. The molecule has 316 valence electrons. The Hall–Kier alpha value is -6.53. The molecule has 2 unspecified atom stereocenters. The van der Waals surface area contributed by atoms with Crippen molar-refractivity contribution in [3.8, 4) is 11.8 Å². The van der Waals surface area contributed by atoms with Gasteiger partial charge in [-0.3, -0.25) is 29.3 Å². The lowest BCUT2D eigenvalue weighted by Gasteiger charge is -2.29. The number of rotatable bonds is 18. The molecule has 0 saturated carbocycles. The summed E-state index contributed by atoms with van der Waals surface area (Å²) in [7, 11) is 0. The molecule has 1 fully saturated rings. The number of amides is 5. The maximum Gasteiger partial charge on any atom is 0.296 e. The maximum absolute atomic E-state index is 13.4. The van der Waals surface area contributed by atoms with Crippen molar-refractivity contribution in [1.82, 2.24) is 26.2 Å². The summed E-state index contributed by atoms with van der Waals surface area (Å²) in [5.41, 5.74) is 7.40. The summed E-state index contributed by atoms with van der Waals surface area (Å²) in [6.45, 7) is 6.96. The van der Waals surface area contributed by atoms with Gasteiger partial charge in [0, 0.05) is 85.3 Å². The lowest BCUT2D eigenvalue weighted by molar-refractivity contribution is -0.137. The van der Waals surface area contributed by atoms with E-state index in [4.69, 9.17) is 9.47 Å². The molecule has 3 aromatic rings.